The molecule has 1 aromatic rings. The van der Waals surface area contributed by atoms with Crippen LogP contribution in [0.2, 0.25) is 0 Å². The van der Waals surface area contributed by atoms with E-state index < -0.39 is 0 Å². The first-order valence-electron chi connectivity index (χ1n) is 5.29. The monoisotopic (exact) mass is 222 g/mol. The molecule has 86 valence electrons. The van der Waals surface area contributed by atoms with Gasteiger partial charge in [0.15, 0.2) is 0 Å². The first-order chi connectivity index (χ1) is 7.68. The van der Waals surface area contributed by atoms with Crippen molar-refractivity contribution in [2.75, 3.05) is 5.73 Å². The number of nitrogens with two attached hydrogens (primary N) is 1. The van der Waals surface area contributed by atoms with Crippen molar-refractivity contribution in [1.82, 2.24) is 15.1 Å². The molecule has 2 rings (SSSR count). The Morgan fingerprint density at radius 3 is 2.44 bits per heavy atom. The van der Waals surface area contributed by atoms with Gasteiger partial charge in [-0.1, -0.05) is 0 Å². The summed E-state index contributed by atoms with van der Waals surface area (Å²) in [5, 5.41) is 6.34. The lowest BCUT2D eigenvalue weighted by Crippen LogP contribution is -2.34. The third-order valence-electron chi connectivity index (χ3n) is 2.71. The van der Waals surface area contributed by atoms with Crippen LogP contribution in [-0.4, -0.2) is 26.9 Å². The van der Waals surface area contributed by atoms with Crippen molar-refractivity contribution in [3.8, 4) is 0 Å². The second-order valence-electron chi connectivity index (χ2n) is 3.89. The molecule has 0 unspecified atom stereocenters. The van der Waals surface area contributed by atoms with Crippen LogP contribution in [0.1, 0.15) is 31.2 Å². The number of likely N-dealkylation sites (tertiary alicyclic amines) is 1. The van der Waals surface area contributed by atoms with Crippen molar-refractivity contribution in [3.63, 3.8) is 0 Å². The van der Waals surface area contributed by atoms with Gasteiger partial charge in [-0.05, 0) is 12.8 Å². The number of aromatic nitrogens is 2. The number of carbonyl (C=O) groups is 2. The van der Waals surface area contributed by atoms with Crippen LogP contribution < -0.4 is 5.73 Å². The van der Waals surface area contributed by atoms with Gasteiger partial charge in [0.1, 0.15) is 5.82 Å². The first kappa shape index (κ1) is 10.7. The number of H-pyrrole nitrogens is 1. The number of nitrogen functional groups attached to an aromatic ring is 1. The molecular weight excluding hydrogens is 208 g/mol. The van der Waals surface area contributed by atoms with E-state index in [1.54, 1.807) is 6.20 Å². The van der Waals surface area contributed by atoms with Gasteiger partial charge in [-0.2, -0.15) is 5.10 Å². The van der Waals surface area contributed by atoms with E-state index in [9.17, 15) is 9.59 Å². The van der Waals surface area contributed by atoms with Gasteiger partial charge in [0.05, 0.1) is 12.7 Å². The lowest BCUT2D eigenvalue weighted by Gasteiger charge is -2.17. The number of anilines is 1. The number of aromatic amines is 1. The largest absolute Gasteiger partial charge is 0.384 e. The summed E-state index contributed by atoms with van der Waals surface area (Å²) in [7, 11) is 0. The average molecular weight is 222 g/mol. The fourth-order valence-electron chi connectivity index (χ4n) is 1.76. The number of rotatable bonds is 2. The highest BCUT2D eigenvalue weighted by atomic mass is 16.2. The summed E-state index contributed by atoms with van der Waals surface area (Å²) in [5.41, 5.74) is 6.30. The molecule has 6 heteroatoms. The maximum absolute atomic E-state index is 11.7. The molecule has 0 atom stereocenters. The molecule has 0 aliphatic carbocycles. The maximum Gasteiger partial charge on any atom is 0.229 e. The summed E-state index contributed by atoms with van der Waals surface area (Å²) in [4.78, 5) is 24.7. The molecular formula is C10H14N4O2. The minimum atomic E-state index is -0.122. The third kappa shape index (κ3) is 2.05. The molecule has 6 nitrogen and oxygen atoms in total. The predicted octanol–water partition coefficient (Wildman–Crippen LogP) is 0.421. The van der Waals surface area contributed by atoms with Crippen LogP contribution in [0.3, 0.4) is 0 Å². The zero-order valence-electron chi connectivity index (χ0n) is 8.90. The third-order valence-corrected chi connectivity index (χ3v) is 2.71. The Morgan fingerprint density at radius 2 is 1.94 bits per heavy atom. The van der Waals surface area contributed by atoms with Crippen molar-refractivity contribution >= 4 is 17.6 Å². The highest BCUT2D eigenvalue weighted by Crippen LogP contribution is 2.17. The standard InChI is InChI=1S/C10H14N4O2/c11-10-7(5-12-13-10)6-14-8(15)3-1-2-4-9(14)16/h5H,1-4,6H2,(H3,11,12,13). The Hall–Kier alpha value is -1.85. The molecule has 2 amide bonds. The van der Waals surface area contributed by atoms with Gasteiger partial charge in [0.2, 0.25) is 11.8 Å². The molecule has 0 radical (unpaired) electrons. The van der Waals surface area contributed by atoms with Gasteiger partial charge < -0.3 is 5.73 Å². The lowest BCUT2D eigenvalue weighted by atomic mass is 10.2. The van der Waals surface area contributed by atoms with E-state index in [-0.39, 0.29) is 18.4 Å². The topological polar surface area (TPSA) is 92.1 Å². The number of nitrogens with zero attached hydrogens (tertiary/aromatic N) is 2. The normalized spacial score (nSPS) is 17.6. The van der Waals surface area contributed by atoms with E-state index in [1.807, 2.05) is 0 Å². The lowest BCUT2D eigenvalue weighted by molar-refractivity contribution is -0.144. The molecule has 0 bridgehead atoms. The molecule has 0 saturated carbocycles. The first-order valence-corrected chi connectivity index (χ1v) is 5.29. The maximum atomic E-state index is 11.7. The second kappa shape index (κ2) is 4.34. The van der Waals surface area contributed by atoms with E-state index in [1.165, 1.54) is 4.90 Å². The second-order valence-corrected chi connectivity index (χ2v) is 3.89. The highest BCUT2D eigenvalue weighted by Gasteiger charge is 2.24. The summed E-state index contributed by atoms with van der Waals surface area (Å²) in [6, 6.07) is 0. The van der Waals surface area contributed by atoms with Crippen molar-refractivity contribution in [1.29, 1.82) is 0 Å². The van der Waals surface area contributed by atoms with Crippen LogP contribution in [0.5, 0.6) is 0 Å². The molecule has 1 fully saturated rings. The van der Waals surface area contributed by atoms with Crippen molar-refractivity contribution in [2.24, 2.45) is 0 Å². The fourth-order valence-corrected chi connectivity index (χ4v) is 1.76. The molecule has 1 aliphatic heterocycles. The van der Waals surface area contributed by atoms with Crippen molar-refractivity contribution in [3.05, 3.63) is 11.8 Å². The van der Waals surface area contributed by atoms with E-state index in [0.29, 0.717) is 24.2 Å². The Kier molecular flexibility index (Phi) is 2.89. The Labute approximate surface area is 92.8 Å². The minimum Gasteiger partial charge on any atom is -0.384 e. The average Bonchev–Trinajstić information content (AvgIpc) is 2.59. The SMILES string of the molecule is Nc1[nH]ncc1CN1C(=O)CCCCC1=O. The molecule has 3 N–H and O–H groups in total. The predicted molar refractivity (Wildman–Crippen MR) is 57.0 cm³/mol. The molecule has 16 heavy (non-hydrogen) atoms. The van der Waals surface area contributed by atoms with Crippen LogP contribution in [0.4, 0.5) is 5.82 Å². The van der Waals surface area contributed by atoms with E-state index in [4.69, 9.17) is 5.73 Å². The number of carbonyl (C=O) groups excluding carboxylic acids is 2. The van der Waals surface area contributed by atoms with Gasteiger partial charge in [0.25, 0.3) is 0 Å². The van der Waals surface area contributed by atoms with Crippen LogP contribution in [0.25, 0.3) is 0 Å². The fraction of sp³-hybridized carbons (Fsp3) is 0.500. The van der Waals surface area contributed by atoms with Gasteiger partial charge >= 0.3 is 0 Å². The Bertz CT molecular complexity index is 395. The van der Waals surface area contributed by atoms with Crippen LogP contribution in [0.15, 0.2) is 6.20 Å². The van der Waals surface area contributed by atoms with E-state index in [2.05, 4.69) is 10.2 Å². The van der Waals surface area contributed by atoms with Crippen molar-refractivity contribution < 1.29 is 9.59 Å². The number of nitrogens with one attached hydrogen (secondary N) is 1. The van der Waals surface area contributed by atoms with Crippen LogP contribution >= 0.6 is 0 Å². The van der Waals surface area contributed by atoms with Crippen LogP contribution in [-0.2, 0) is 16.1 Å². The molecule has 1 saturated heterocycles. The minimum absolute atomic E-state index is 0.122. The zero-order chi connectivity index (χ0) is 11.5. The zero-order valence-corrected chi connectivity index (χ0v) is 8.90. The number of amides is 2. The number of imide groups is 1. The molecule has 1 aromatic heterocycles. The molecule has 0 spiro atoms. The van der Waals surface area contributed by atoms with Gasteiger partial charge in [-0.3, -0.25) is 19.6 Å². The van der Waals surface area contributed by atoms with Gasteiger partial charge in [0, 0.05) is 18.4 Å². The smallest absolute Gasteiger partial charge is 0.229 e. The summed E-state index contributed by atoms with van der Waals surface area (Å²) in [5.74, 6) is 0.163. The summed E-state index contributed by atoms with van der Waals surface area (Å²) in [6.07, 6.45) is 3.97. The quantitative estimate of drug-likeness (QED) is 0.709. The number of hydrogen-bond donors (Lipinski definition) is 2. The summed E-state index contributed by atoms with van der Waals surface area (Å²) >= 11 is 0. The summed E-state index contributed by atoms with van der Waals surface area (Å²) in [6.45, 7) is 0.222. The Balaban J connectivity index is 2.15. The molecule has 0 aromatic carbocycles. The number of hydrogen-bond acceptors (Lipinski definition) is 4. The molecule has 1 aliphatic rings. The van der Waals surface area contributed by atoms with Gasteiger partial charge in [-0.15, -0.1) is 0 Å². The van der Waals surface area contributed by atoms with Crippen molar-refractivity contribution in [2.45, 2.75) is 32.2 Å². The summed E-state index contributed by atoms with van der Waals surface area (Å²) < 4.78 is 0. The Morgan fingerprint density at radius 1 is 1.31 bits per heavy atom. The van der Waals surface area contributed by atoms with Crippen LogP contribution in [0, 0.1) is 0 Å². The van der Waals surface area contributed by atoms with Gasteiger partial charge in [-0.25, -0.2) is 0 Å². The van der Waals surface area contributed by atoms with E-state index in [0.717, 1.165) is 12.8 Å². The molecule has 2 heterocycles. The highest BCUT2D eigenvalue weighted by molar-refractivity contribution is 5.96. The van der Waals surface area contributed by atoms with E-state index >= 15 is 0 Å².